The molecule has 27 heavy (non-hydrogen) atoms. The van der Waals surface area contributed by atoms with Gasteiger partial charge >= 0.3 is 0 Å². The maximum Gasteiger partial charge on any atom is 0.252 e. The van der Waals surface area contributed by atoms with Crippen molar-refractivity contribution < 1.29 is 4.79 Å². The average molecular weight is 367 g/mol. The summed E-state index contributed by atoms with van der Waals surface area (Å²) in [7, 11) is 0. The van der Waals surface area contributed by atoms with Crippen LogP contribution in [0.3, 0.4) is 0 Å². The summed E-state index contributed by atoms with van der Waals surface area (Å²) in [4.78, 5) is 20.3. The van der Waals surface area contributed by atoms with E-state index in [4.69, 9.17) is 4.98 Å². The van der Waals surface area contributed by atoms with Crippen LogP contribution in [0, 0.1) is 13.8 Å². The molecular formula is C22H30N4O. The molecule has 1 aromatic heterocycles. The number of aryl methyl sites for hydroxylation is 2. The summed E-state index contributed by atoms with van der Waals surface area (Å²) < 4.78 is 0. The molecule has 0 atom stereocenters. The summed E-state index contributed by atoms with van der Waals surface area (Å²) >= 11 is 0. The van der Waals surface area contributed by atoms with Gasteiger partial charge in [0.1, 0.15) is 0 Å². The Bertz CT molecular complexity index is 838. The minimum Gasteiger partial charge on any atom is -0.352 e. The largest absolute Gasteiger partial charge is 0.352 e. The molecule has 4 rings (SSSR count). The van der Waals surface area contributed by atoms with Crippen LogP contribution in [0.1, 0.15) is 52.4 Å². The standard InChI is InChI=1S/C22H30N4O/c1-15-12-16(2)21-18(13-15)19(14-20(25-21)17-4-5-17)22(27)24-6-3-9-26-10-7-23-8-11-26/h12-14,17,23H,3-11H2,1-2H3,(H,24,27). The number of hydrogen-bond acceptors (Lipinski definition) is 4. The van der Waals surface area contributed by atoms with Crippen LogP contribution in [0.25, 0.3) is 10.9 Å². The van der Waals surface area contributed by atoms with Crippen molar-refractivity contribution in [2.45, 2.75) is 39.0 Å². The number of hydrogen-bond donors (Lipinski definition) is 2. The third-order valence-corrected chi connectivity index (χ3v) is 5.65. The first-order valence-electron chi connectivity index (χ1n) is 10.2. The summed E-state index contributed by atoms with van der Waals surface area (Å²) in [6.45, 7) is 10.3. The number of carbonyl (C=O) groups is 1. The van der Waals surface area contributed by atoms with Crippen molar-refractivity contribution >= 4 is 16.8 Å². The fourth-order valence-electron chi connectivity index (χ4n) is 4.01. The first-order valence-corrected chi connectivity index (χ1v) is 10.2. The number of carbonyl (C=O) groups excluding carboxylic acids is 1. The number of benzene rings is 1. The van der Waals surface area contributed by atoms with Gasteiger partial charge in [0, 0.05) is 49.7 Å². The summed E-state index contributed by atoms with van der Waals surface area (Å²) in [6.07, 6.45) is 3.37. The van der Waals surface area contributed by atoms with Crippen LogP contribution in [0.2, 0.25) is 0 Å². The van der Waals surface area contributed by atoms with Crippen molar-refractivity contribution in [2.75, 3.05) is 39.3 Å². The van der Waals surface area contributed by atoms with Crippen LogP contribution in [0.4, 0.5) is 0 Å². The second kappa shape index (κ2) is 7.95. The number of rotatable bonds is 6. The molecule has 0 spiro atoms. The molecular weight excluding hydrogens is 336 g/mol. The predicted octanol–water partition coefficient (Wildman–Crippen LogP) is 2.75. The highest BCUT2D eigenvalue weighted by Crippen LogP contribution is 2.40. The van der Waals surface area contributed by atoms with Gasteiger partial charge in [0.15, 0.2) is 0 Å². The average Bonchev–Trinajstić information content (AvgIpc) is 3.50. The Hall–Kier alpha value is -1.98. The zero-order chi connectivity index (χ0) is 18.8. The monoisotopic (exact) mass is 366 g/mol. The molecule has 5 heteroatoms. The molecule has 1 aliphatic heterocycles. The van der Waals surface area contributed by atoms with Crippen molar-refractivity contribution in [3.63, 3.8) is 0 Å². The van der Waals surface area contributed by atoms with Crippen LogP contribution in [0.15, 0.2) is 18.2 Å². The minimum atomic E-state index is 0.0367. The zero-order valence-corrected chi connectivity index (χ0v) is 16.5. The van der Waals surface area contributed by atoms with Gasteiger partial charge in [-0.15, -0.1) is 0 Å². The van der Waals surface area contributed by atoms with E-state index in [2.05, 4.69) is 41.5 Å². The van der Waals surface area contributed by atoms with Crippen LogP contribution in [-0.4, -0.2) is 55.1 Å². The quantitative estimate of drug-likeness (QED) is 0.772. The number of pyridine rings is 1. The number of amides is 1. The molecule has 2 aliphatic rings. The number of piperazine rings is 1. The van der Waals surface area contributed by atoms with E-state index in [0.29, 0.717) is 5.92 Å². The molecule has 1 saturated heterocycles. The van der Waals surface area contributed by atoms with Gasteiger partial charge in [0.25, 0.3) is 5.91 Å². The van der Waals surface area contributed by atoms with Crippen molar-refractivity contribution in [3.05, 3.63) is 40.6 Å². The number of nitrogens with zero attached hydrogens (tertiary/aromatic N) is 2. The molecule has 0 radical (unpaired) electrons. The van der Waals surface area contributed by atoms with E-state index in [1.807, 2.05) is 6.07 Å². The third kappa shape index (κ3) is 4.30. The van der Waals surface area contributed by atoms with Crippen molar-refractivity contribution in [3.8, 4) is 0 Å². The Morgan fingerprint density at radius 3 is 2.74 bits per heavy atom. The highest BCUT2D eigenvalue weighted by molar-refractivity contribution is 6.07. The molecule has 2 fully saturated rings. The van der Waals surface area contributed by atoms with E-state index in [1.54, 1.807) is 0 Å². The Balaban J connectivity index is 1.48. The summed E-state index contributed by atoms with van der Waals surface area (Å²) in [5.41, 5.74) is 5.18. The number of nitrogens with one attached hydrogen (secondary N) is 2. The molecule has 1 saturated carbocycles. The molecule has 1 amide bonds. The van der Waals surface area contributed by atoms with Crippen LogP contribution in [-0.2, 0) is 0 Å². The van der Waals surface area contributed by atoms with Gasteiger partial charge in [0.2, 0.25) is 0 Å². The third-order valence-electron chi connectivity index (χ3n) is 5.65. The van der Waals surface area contributed by atoms with Crippen LogP contribution >= 0.6 is 0 Å². The van der Waals surface area contributed by atoms with Gasteiger partial charge in [-0.2, -0.15) is 0 Å². The van der Waals surface area contributed by atoms with Gasteiger partial charge in [-0.1, -0.05) is 11.6 Å². The summed E-state index contributed by atoms with van der Waals surface area (Å²) in [5.74, 6) is 0.573. The molecule has 5 nitrogen and oxygen atoms in total. The first kappa shape index (κ1) is 18.4. The molecule has 2 aromatic rings. The molecule has 1 aliphatic carbocycles. The maximum atomic E-state index is 13.0. The zero-order valence-electron chi connectivity index (χ0n) is 16.5. The molecule has 0 unspecified atom stereocenters. The highest BCUT2D eigenvalue weighted by atomic mass is 16.1. The van der Waals surface area contributed by atoms with Gasteiger partial charge in [0.05, 0.1) is 11.1 Å². The lowest BCUT2D eigenvalue weighted by Gasteiger charge is -2.27. The topological polar surface area (TPSA) is 57.3 Å². The normalized spacial score (nSPS) is 18.0. The molecule has 1 aromatic carbocycles. The van der Waals surface area contributed by atoms with Gasteiger partial charge in [-0.05, 0) is 57.4 Å². The highest BCUT2D eigenvalue weighted by Gasteiger charge is 2.27. The van der Waals surface area contributed by atoms with Gasteiger partial charge < -0.3 is 15.5 Å². The fraction of sp³-hybridized carbons (Fsp3) is 0.545. The minimum absolute atomic E-state index is 0.0367. The van der Waals surface area contributed by atoms with Gasteiger partial charge in [-0.25, -0.2) is 0 Å². The smallest absolute Gasteiger partial charge is 0.252 e. The van der Waals surface area contributed by atoms with E-state index in [9.17, 15) is 4.79 Å². The lowest BCUT2D eigenvalue weighted by molar-refractivity contribution is 0.0952. The Morgan fingerprint density at radius 1 is 1.22 bits per heavy atom. The Labute approximate surface area is 161 Å². The van der Waals surface area contributed by atoms with E-state index in [-0.39, 0.29) is 5.91 Å². The summed E-state index contributed by atoms with van der Waals surface area (Å²) in [6, 6.07) is 6.29. The molecule has 144 valence electrons. The first-order chi connectivity index (χ1) is 13.1. The van der Waals surface area contributed by atoms with E-state index >= 15 is 0 Å². The Kier molecular flexibility index (Phi) is 5.41. The molecule has 2 heterocycles. The van der Waals surface area contributed by atoms with E-state index in [0.717, 1.165) is 73.4 Å². The lowest BCUT2D eigenvalue weighted by atomic mass is 10.00. The Morgan fingerprint density at radius 2 is 2.00 bits per heavy atom. The predicted molar refractivity (Wildman–Crippen MR) is 109 cm³/mol. The lowest BCUT2D eigenvalue weighted by Crippen LogP contribution is -2.44. The fourth-order valence-corrected chi connectivity index (χ4v) is 4.01. The second-order valence-electron chi connectivity index (χ2n) is 8.05. The molecule has 0 bridgehead atoms. The van der Waals surface area contributed by atoms with Crippen molar-refractivity contribution in [1.29, 1.82) is 0 Å². The van der Waals surface area contributed by atoms with Crippen molar-refractivity contribution in [2.24, 2.45) is 0 Å². The van der Waals surface area contributed by atoms with Crippen molar-refractivity contribution in [1.82, 2.24) is 20.5 Å². The SMILES string of the molecule is Cc1cc(C)c2nc(C3CC3)cc(C(=O)NCCCN3CCNCC3)c2c1. The summed E-state index contributed by atoms with van der Waals surface area (Å²) in [5, 5.41) is 7.50. The van der Waals surface area contributed by atoms with Crippen LogP contribution < -0.4 is 10.6 Å². The second-order valence-corrected chi connectivity index (χ2v) is 8.05. The van der Waals surface area contributed by atoms with E-state index < -0.39 is 0 Å². The van der Waals surface area contributed by atoms with Crippen LogP contribution in [0.5, 0.6) is 0 Å². The number of aromatic nitrogens is 1. The maximum absolute atomic E-state index is 13.0. The van der Waals surface area contributed by atoms with Gasteiger partial charge in [-0.3, -0.25) is 9.78 Å². The van der Waals surface area contributed by atoms with E-state index in [1.165, 1.54) is 18.4 Å². The number of fused-ring (bicyclic) bond motifs is 1. The molecule has 2 N–H and O–H groups in total.